The van der Waals surface area contributed by atoms with Gasteiger partial charge in [-0.15, -0.1) is 13.2 Å². The highest BCUT2D eigenvalue weighted by atomic mass is 19.4. The first-order valence-corrected chi connectivity index (χ1v) is 3.62. The van der Waals surface area contributed by atoms with Crippen LogP contribution in [0.15, 0.2) is 18.2 Å². The summed E-state index contributed by atoms with van der Waals surface area (Å²) in [6, 6.07) is 3.61. The topological polar surface area (TPSA) is 39.2 Å². The molecule has 0 saturated heterocycles. The fourth-order valence-electron chi connectivity index (χ4n) is 0.786. The number of carbonyl (C=O) groups is 1. The van der Waals surface area contributed by atoms with Gasteiger partial charge in [0.15, 0.2) is 5.78 Å². The Morgan fingerprint density at radius 2 is 2.07 bits per heavy atom. The molecule has 0 fully saturated rings. The molecule has 14 heavy (non-hydrogen) atoms. The Labute approximate surface area is 77.5 Å². The summed E-state index contributed by atoms with van der Waals surface area (Å²) in [6.45, 7) is 1.21. The van der Waals surface area contributed by atoms with Crippen molar-refractivity contribution in [2.75, 3.05) is 0 Å². The van der Waals surface area contributed by atoms with Crippen LogP contribution >= 0.6 is 0 Å². The van der Waals surface area contributed by atoms with E-state index in [0.29, 0.717) is 0 Å². The van der Waals surface area contributed by atoms with Gasteiger partial charge in [0.1, 0.15) is 5.69 Å². The van der Waals surface area contributed by atoms with E-state index in [9.17, 15) is 18.0 Å². The molecule has 1 heterocycles. The number of pyridine rings is 1. The molecule has 0 aliphatic rings. The Morgan fingerprint density at radius 3 is 2.57 bits per heavy atom. The van der Waals surface area contributed by atoms with Crippen LogP contribution in [0.25, 0.3) is 0 Å². The Bertz CT molecular complexity index is 349. The molecule has 0 amide bonds. The number of hydrogen-bond acceptors (Lipinski definition) is 3. The average molecular weight is 205 g/mol. The van der Waals surface area contributed by atoms with Crippen LogP contribution in [0.3, 0.4) is 0 Å². The second-order valence-electron chi connectivity index (χ2n) is 2.47. The maximum Gasteiger partial charge on any atom is 0.574 e. The monoisotopic (exact) mass is 205 g/mol. The number of nitrogens with zero attached hydrogens (tertiary/aromatic N) is 1. The van der Waals surface area contributed by atoms with Crippen LogP contribution in [0.2, 0.25) is 0 Å². The van der Waals surface area contributed by atoms with E-state index in [0.717, 1.165) is 6.07 Å². The zero-order valence-electron chi connectivity index (χ0n) is 7.13. The molecule has 0 radical (unpaired) electrons. The summed E-state index contributed by atoms with van der Waals surface area (Å²) in [6.07, 6.45) is -4.79. The molecule has 0 aliphatic heterocycles. The Hall–Kier alpha value is -1.59. The van der Waals surface area contributed by atoms with Gasteiger partial charge in [-0.05, 0) is 6.07 Å². The number of hydrogen-bond donors (Lipinski definition) is 0. The van der Waals surface area contributed by atoms with Crippen LogP contribution in [0.1, 0.15) is 17.4 Å². The SMILES string of the molecule is CC(=O)c1cccc(OC(F)(F)F)n1. The van der Waals surface area contributed by atoms with Crippen molar-refractivity contribution in [1.29, 1.82) is 0 Å². The summed E-state index contributed by atoms with van der Waals surface area (Å²) < 4.78 is 38.7. The number of halogens is 3. The number of rotatable bonds is 2. The van der Waals surface area contributed by atoms with Gasteiger partial charge in [0.25, 0.3) is 0 Å². The molecule has 0 bridgehead atoms. The third-order valence-electron chi connectivity index (χ3n) is 1.30. The number of Topliss-reactive ketones (excluding diaryl/α,β-unsaturated/α-hetero) is 1. The van der Waals surface area contributed by atoms with Gasteiger partial charge in [0.05, 0.1) is 0 Å². The first-order chi connectivity index (χ1) is 6.38. The predicted molar refractivity (Wildman–Crippen MR) is 40.9 cm³/mol. The lowest BCUT2D eigenvalue weighted by Gasteiger charge is -2.07. The first kappa shape index (κ1) is 10.5. The highest BCUT2D eigenvalue weighted by Gasteiger charge is 2.31. The van der Waals surface area contributed by atoms with Gasteiger partial charge >= 0.3 is 6.36 Å². The Morgan fingerprint density at radius 1 is 1.43 bits per heavy atom. The van der Waals surface area contributed by atoms with Crippen LogP contribution < -0.4 is 4.74 Å². The minimum absolute atomic E-state index is 0.0632. The summed E-state index contributed by atoms with van der Waals surface area (Å²) in [4.78, 5) is 14.1. The highest BCUT2D eigenvalue weighted by Crippen LogP contribution is 2.20. The molecular weight excluding hydrogens is 199 g/mol. The molecule has 0 aliphatic carbocycles. The van der Waals surface area contributed by atoms with Gasteiger partial charge in [0.2, 0.25) is 5.88 Å². The maximum absolute atomic E-state index is 11.7. The van der Waals surface area contributed by atoms with E-state index in [4.69, 9.17) is 0 Å². The molecule has 0 unspecified atom stereocenters. The van der Waals surface area contributed by atoms with E-state index >= 15 is 0 Å². The van der Waals surface area contributed by atoms with Crippen LogP contribution in [0.5, 0.6) is 5.88 Å². The van der Waals surface area contributed by atoms with E-state index in [1.807, 2.05) is 0 Å². The number of ketones is 1. The number of alkyl halides is 3. The van der Waals surface area contributed by atoms with E-state index in [2.05, 4.69) is 9.72 Å². The lowest BCUT2D eigenvalue weighted by Crippen LogP contribution is -2.18. The van der Waals surface area contributed by atoms with Gasteiger partial charge in [-0.2, -0.15) is 0 Å². The van der Waals surface area contributed by atoms with Gasteiger partial charge < -0.3 is 4.74 Å². The molecule has 1 aromatic heterocycles. The number of carbonyl (C=O) groups excluding carboxylic acids is 1. The van der Waals surface area contributed by atoms with E-state index in [1.165, 1.54) is 19.1 Å². The zero-order valence-corrected chi connectivity index (χ0v) is 7.13. The second kappa shape index (κ2) is 3.65. The molecule has 6 heteroatoms. The zero-order chi connectivity index (χ0) is 10.8. The fourth-order valence-corrected chi connectivity index (χ4v) is 0.786. The molecule has 0 atom stereocenters. The van der Waals surface area contributed by atoms with E-state index in [1.54, 1.807) is 0 Å². The molecule has 3 nitrogen and oxygen atoms in total. The molecule has 0 aromatic carbocycles. The van der Waals surface area contributed by atoms with E-state index in [-0.39, 0.29) is 5.69 Å². The second-order valence-corrected chi connectivity index (χ2v) is 2.47. The normalized spacial score (nSPS) is 11.1. The molecule has 0 N–H and O–H groups in total. The van der Waals surface area contributed by atoms with Crippen LogP contribution in [-0.4, -0.2) is 17.1 Å². The number of aromatic nitrogens is 1. The van der Waals surface area contributed by atoms with E-state index < -0.39 is 18.0 Å². The van der Waals surface area contributed by atoms with Crippen molar-refractivity contribution in [2.24, 2.45) is 0 Å². The average Bonchev–Trinajstić information content (AvgIpc) is 2.01. The summed E-state index contributed by atoms with van der Waals surface area (Å²) >= 11 is 0. The fraction of sp³-hybridized carbons (Fsp3) is 0.250. The van der Waals surface area contributed by atoms with Crippen LogP contribution in [-0.2, 0) is 0 Å². The Kier molecular flexibility index (Phi) is 2.73. The minimum Gasteiger partial charge on any atom is -0.388 e. The highest BCUT2D eigenvalue weighted by molar-refractivity contribution is 5.92. The van der Waals surface area contributed by atoms with Crippen molar-refractivity contribution in [3.05, 3.63) is 23.9 Å². The summed E-state index contributed by atoms with van der Waals surface area (Å²) in [7, 11) is 0. The summed E-state index contributed by atoms with van der Waals surface area (Å²) in [5.74, 6) is -1.05. The van der Waals surface area contributed by atoms with Crippen molar-refractivity contribution in [1.82, 2.24) is 4.98 Å². The van der Waals surface area contributed by atoms with Crippen molar-refractivity contribution >= 4 is 5.78 Å². The summed E-state index contributed by atoms with van der Waals surface area (Å²) in [5.41, 5.74) is -0.0632. The maximum atomic E-state index is 11.7. The number of ether oxygens (including phenoxy) is 1. The van der Waals surface area contributed by atoms with Gasteiger partial charge in [0, 0.05) is 13.0 Å². The molecule has 0 spiro atoms. The van der Waals surface area contributed by atoms with Crippen LogP contribution in [0, 0.1) is 0 Å². The lowest BCUT2D eigenvalue weighted by molar-refractivity contribution is -0.276. The molecule has 76 valence electrons. The van der Waals surface area contributed by atoms with Crippen molar-refractivity contribution in [3.63, 3.8) is 0 Å². The first-order valence-electron chi connectivity index (χ1n) is 3.62. The largest absolute Gasteiger partial charge is 0.574 e. The van der Waals surface area contributed by atoms with Gasteiger partial charge in [-0.1, -0.05) is 6.07 Å². The van der Waals surface area contributed by atoms with Gasteiger partial charge in [-0.25, -0.2) is 4.98 Å². The van der Waals surface area contributed by atoms with Gasteiger partial charge in [-0.3, -0.25) is 4.79 Å². The minimum atomic E-state index is -4.79. The lowest BCUT2D eigenvalue weighted by atomic mass is 10.3. The standard InChI is InChI=1S/C8H6F3NO2/c1-5(13)6-3-2-4-7(12-6)14-8(9,10)11/h2-4H,1H3. The smallest absolute Gasteiger partial charge is 0.388 e. The van der Waals surface area contributed by atoms with Crippen molar-refractivity contribution < 1.29 is 22.7 Å². The van der Waals surface area contributed by atoms with Crippen molar-refractivity contribution in [2.45, 2.75) is 13.3 Å². The molecule has 1 aromatic rings. The third kappa shape index (κ3) is 3.04. The predicted octanol–water partition coefficient (Wildman–Crippen LogP) is 2.18. The summed E-state index contributed by atoms with van der Waals surface area (Å²) in [5, 5.41) is 0. The van der Waals surface area contributed by atoms with Crippen molar-refractivity contribution in [3.8, 4) is 5.88 Å². The Balaban J connectivity index is 2.89. The third-order valence-corrected chi connectivity index (χ3v) is 1.30. The van der Waals surface area contributed by atoms with Crippen LogP contribution in [0.4, 0.5) is 13.2 Å². The molecule has 1 rings (SSSR count). The molecular formula is C8H6F3NO2. The molecule has 0 saturated carbocycles. The quantitative estimate of drug-likeness (QED) is 0.694.